The fourth-order valence-electron chi connectivity index (χ4n) is 1.51. The lowest BCUT2D eigenvalue weighted by Crippen LogP contribution is -2.45. The minimum absolute atomic E-state index is 0.170. The van der Waals surface area contributed by atoms with Crippen molar-refractivity contribution in [2.45, 2.75) is 13.5 Å². The van der Waals surface area contributed by atoms with Crippen molar-refractivity contribution in [3.63, 3.8) is 0 Å². The maximum atomic E-state index is 11.8. The highest BCUT2D eigenvalue weighted by atomic mass is 16.4. The van der Waals surface area contributed by atoms with Crippen molar-refractivity contribution in [2.75, 3.05) is 13.1 Å². The maximum Gasteiger partial charge on any atom is 0.323 e. The summed E-state index contributed by atoms with van der Waals surface area (Å²) in [5.74, 6) is -2.55. The van der Waals surface area contributed by atoms with Crippen LogP contribution in [0.2, 0.25) is 0 Å². The van der Waals surface area contributed by atoms with Crippen molar-refractivity contribution in [1.82, 2.24) is 15.2 Å². The summed E-state index contributed by atoms with van der Waals surface area (Å²) in [6.07, 6.45) is 3.20. The molecule has 8 heteroatoms. The van der Waals surface area contributed by atoms with Gasteiger partial charge in [-0.3, -0.25) is 14.6 Å². The average molecular weight is 281 g/mol. The Morgan fingerprint density at radius 3 is 2.35 bits per heavy atom. The number of pyridine rings is 1. The van der Waals surface area contributed by atoms with Gasteiger partial charge in [0.05, 0.1) is 0 Å². The molecule has 0 fully saturated rings. The Morgan fingerprint density at radius 1 is 1.25 bits per heavy atom. The van der Waals surface area contributed by atoms with Crippen LogP contribution in [0.1, 0.15) is 11.1 Å². The summed E-state index contributed by atoms with van der Waals surface area (Å²) < 4.78 is 0. The molecule has 1 rings (SSSR count). The van der Waals surface area contributed by atoms with Crippen molar-refractivity contribution >= 4 is 18.0 Å². The highest BCUT2D eigenvalue weighted by Gasteiger charge is 2.19. The highest BCUT2D eigenvalue weighted by Crippen LogP contribution is 2.04. The van der Waals surface area contributed by atoms with Gasteiger partial charge in [-0.15, -0.1) is 0 Å². The normalized spacial score (nSPS) is 9.85. The van der Waals surface area contributed by atoms with Gasteiger partial charge in [0.2, 0.25) is 0 Å². The van der Waals surface area contributed by atoms with Crippen LogP contribution in [0.25, 0.3) is 0 Å². The number of urea groups is 1. The number of carbonyl (C=O) groups is 3. The molecule has 1 heterocycles. The van der Waals surface area contributed by atoms with Crippen molar-refractivity contribution in [3.05, 3.63) is 29.6 Å². The first-order valence-electron chi connectivity index (χ1n) is 5.76. The molecule has 0 aromatic carbocycles. The number of amides is 2. The predicted octanol–water partition coefficient (Wildman–Crippen LogP) is 0.0708. The Bertz CT molecular complexity index is 502. The van der Waals surface area contributed by atoms with Crippen molar-refractivity contribution in [1.29, 1.82) is 0 Å². The maximum absolute atomic E-state index is 11.8. The number of aliphatic carboxylic acids is 2. The minimum Gasteiger partial charge on any atom is -0.480 e. The van der Waals surface area contributed by atoms with E-state index in [0.717, 1.165) is 11.1 Å². The van der Waals surface area contributed by atoms with E-state index in [1.54, 1.807) is 18.5 Å². The van der Waals surface area contributed by atoms with Crippen molar-refractivity contribution < 1.29 is 24.6 Å². The monoisotopic (exact) mass is 281 g/mol. The summed E-state index contributed by atoms with van der Waals surface area (Å²) in [4.78, 5) is 37.6. The van der Waals surface area contributed by atoms with Gasteiger partial charge in [0.25, 0.3) is 0 Å². The number of carboxylic acids is 2. The molecule has 0 aliphatic heterocycles. The molecule has 0 unspecified atom stereocenters. The Balaban J connectivity index is 2.64. The second-order valence-corrected chi connectivity index (χ2v) is 4.10. The van der Waals surface area contributed by atoms with Gasteiger partial charge in [0, 0.05) is 18.9 Å². The van der Waals surface area contributed by atoms with E-state index in [4.69, 9.17) is 10.2 Å². The highest BCUT2D eigenvalue weighted by molar-refractivity contribution is 5.84. The van der Waals surface area contributed by atoms with Gasteiger partial charge in [-0.2, -0.15) is 0 Å². The van der Waals surface area contributed by atoms with E-state index >= 15 is 0 Å². The van der Waals surface area contributed by atoms with Gasteiger partial charge in [-0.1, -0.05) is 0 Å². The molecule has 0 aliphatic carbocycles. The van der Waals surface area contributed by atoms with Crippen LogP contribution in [0, 0.1) is 6.92 Å². The van der Waals surface area contributed by atoms with Crippen LogP contribution >= 0.6 is 0 Å². The zero-order valence-electron chi connectivity index (χ0n) is 10.9. The Hall–Kier alpha value is -2.64. The minimum atomic E-state index is -1.28. The second kappa shape index (κ2) is 7.07. The Kier molecular flexibility index (Phi) is 5.45. The summed E-state index contributed by atoms with van der Waals surface area (Å²) >= 11 is 0. The van der Waals surface area contributed by atoms with Gasteiger partial charge >= 0.3 is 18.0 Å². The quantitative estimate of drug-likeness (QED) is 0.678. The molecule has 0 bridgehead atoms. The molecule has 8 nitrogen and oxygen atoms in total. The van der Waals surface area contributed by atoms with Crippen LogP contribution in [0.15, 0.2) is 18.5 Å². The van der Waals surface area contributed by atoms with Crippen LogP contribution in [0.4, 0.5) is 4.79 Å². The standard InChI is InChI=1S/C12H15N3O5/c1-8-4-13-3-2-9(8)5-14-12(20)15(6-10(16)17)7-11(18)19/h2-4H,5-7H2,1H3,(H,14,20)(H,16,17)(H,18,19). The lowest BCUT2D eigenvalue weighted by Gasteiger charge is -2.19. The third-order valence-corrected chi connectivity index (χ3v) is 2.51. The molecular formula is C12H15N3O5. The van der Waals surface area contributed by atoms with Crippen molar-refractivity contribution in [2.24, 2.45) is 0 Å². The van der Waals surface area contributed by atoms with E-state index < -0.39 is 31.1 Å². The van der Waals surface area contributed by atoms with Gasteiger partial charge in [0.15, 0.2) is 0 Å². The van der Waals surface area contributed by atoms with Gasteiger partial charge in [-0.25, -0.2) is 4.79 Å². The van der Waals surface area contributed by atoms with Crippen LogP contribution in [-0.2, 0) is 16.1 Å². The average Bonchev–Trinajstić information content (AvgIpc) is 2.35. The first-order valence-corrected chi connectivity index (χ1v) is 5.76. The third kappa shape index (κ3) is 4.92. The molecule has 0 atom stereocenters. The predicted molar refractivity (Wildman–Crippen MR) is 68.1 cm³/mol. The van der Waals surface area contributed by atoms with Crippen LogP contribution in [-0.4, -0.2) is 51.2 Å². The Morgan fingerprint density at radius 2 is 1.85 bits per heavy atom. The molecular weight excluding hydrogens is 266 g/mol. The molecule has 0 spiro atoms. The number of carboxylic acid groups (broad SMARTS) is 2. The molecule has 3 N–H and O–H groups in total. The molecule has 20 heavy (non-hydrogen) atoms. The summed E-state index contributed by atoms with van der Waals surface area (Å²) in [7, 11) is 0. The number of nitrogens with zero attached hydrogens (tertiary/aromatic N) is 2. The van der Waals surface area contributed by atoms with Crippen LogP contribution < -0.4 is 5.32 Å². The zero-order chi connectivity index (χ0) is 15.1. The largest absolute Gasteiger partial charge is 0.480 e. The molecule has 108 valence electrons. The molecule has 2 amide bonds. The van der Waals surface area contributed by atoms with Gasteiger partial charge in [-0.05, 0) is 24.1 Å². The van der Waals surface area contributed by atoms with Crippen molar-refractivity contribution in [3.8, 4) is 0 Å². The van der Waals surface area contributed by atoms with E-state index in [2.05, 4.69) is 10.3 Å². The number of rotatable bonds is 6. The Labute approximate surface area is 115 Å². The van der Waals surface area contributed by atoms with E-state index in [1.807, 2.05) is 6.92 Å². The molecule has 0 radical (unpaired) electrons. The summed E-state index contributed by atoms with van der Waals surface area (Å²) in [5, 5.41) is 19.8. The summed E-state index contributed by atoms with van der Waals surface area (Å²) in [5.41, 5.74) is 1.69. The molecule has 1 aromatic heterocycles. The number of aromatic nitrogens is 1. The second-order valence-electron chi connectivity index (χ2n) is 4.10. The molecule has 0 aliphatic rings. The smallest absolute Gasteiger partial charge is 0.323 e. The first kappa shape index (κ1) is 15.4. The molecule has 0 saturated carbocycles. The van der Waals surface area contributed by atoms with Crippen LogP contribution in [0.3, 0.4) is 0 Å². The topological polar surface area (TPSA) is 120 Å². The number of nitrogens with one attached hydrogen (secondary N) is 1. The zero-order valence-corrected chi connectivity index (χ0v) is 10.9. The van der Waals surface area contributed by atoms with E-state index in [-0.39, 0.29) is 6.54 Å². The number of carbonyl (C=O) groups excluding carboxylic acids is 1. The van der Waals surface area contributed by atoms with E-state index in [9.17, 15) is 14.4 Å². The third-order valence-electron chi connectivity index (χ3n) is 2.51. The number of hydrogen-bond acceptors (Lipinski definition) is 4. The lowest BCUT2D eigenvalue weighted by molar-refractivity contribution is -0.140. The van der Waals surface area contributed by atoms with Crippen LogP contribution in [0.5, 0.6) is 0 Å². The van der Waals surface area contributed by atoms with E-state index in [0.29, 0.717) is 4.90 Å². The lowest BCUT2D eigenvalue weighted by atomic mass is 10.1. The summed E-state index contributed by atoms with van der Waals surface area (Å²) in [6.45, 7) is 0.643. The number of aryl methyl sites for hydroxylation is 1. The fraction of sp³-hybridized carbons (Fsp3) is 0.333. The number of hydrogen-bond donors (Lipinski definition) is 3. The first-order chi connectivity index (χ1) is 9.40. The molecule has 0 saturated heterocycles. The molecule has 1 aromatic rings. The van der Waals surface area contributed by atoms with E-state index in [1.165, 1.54) is 0 Å². The fourth-order valence-corrected chi connectivity index (χ4v) is 1.51. The SMILES string of the molecule is Cc1cnccc1CNC(=O)N(CC(=O)O)CC(=O)O. The van der Waals surface area contributed by atoms with Gasteiger partial charge in [0.1, 0.15) is 13.1 Å². The summed E-state index contributed by atoms with van der Waals surface area (Å²) in [6, 6.07) is 0.972. The van der Waals surface area contributed by atoms with Gasteiger partial charge < -0.3 is 20.4 Å².